The van der Waals surface area contributed by atoms with E-state index in [1.807, 2.05) is 92.7 Å². The van der Waals surface area contributed by atoms with E-state index in [9.17, 15) is 8.42 Å². The van der Waals surface area contributed by atoms with E-state index in [2.05, 4.69) is 4.72 Å². The van der Waals surface area contributed by atoms with Gasteiger partial charge in [-0.1, -0.05) is 96.1 Å². The lowest BCUT2D eigenvalue weighted by Crippen LogP contribution is -2.31. The molecular formula is C29H25NO3S. The molecule has 1 aliphatic rings. The van der Waals surface area contributed by atoms with Gasteiger partial charge in [0.25, 0.3) is 10.0 Å². The largest absolute Gasteiger partial charge is 0.455 e. The number of rotatable bonds is 5. The lowest BCUT2D eigenvalue weighted by molar-refractivity contribution is 0.478. The molecular weight excluding hydrogens is 442 g/mol. The number of ether oxygens (including phenoxy) is 1. The SMILES string of the molecule is Cc1ccc(C2C(NS(=O)(=O)c3ccc(C)cc3)=C(c3ccccc3)Oc3ccccc32)cc1. The first-order valence-electron chi connectivity index (χ1n) is 11.1. The summed E-state index contributed by atoms with van der Waals surface area (Å²) in [4.78, 5) is 0.208. The van der Waals surface area contributed by atoms with E-state index >= 15 is 0 Å². The molecule has 0 radical (unpaired) electrons. The summed E-state index contributed by atoms with van der Waals surface area (Å²) in [5.74, 6) is 0.867. The Morgan fingerprint density at radius 1 is 0.706 bits per heavy atom. The molecule has 0 fully saturated rings. The molecule has 4 nitrogen and oxygen atoms in total. The summed E-state index contributed by atoms with van der Waals surface area (Å²) in [5.41, 5.74) is 5.32. The van der Waals surface area contributed by atoms with E-state index < -0.39 is 10.0 Å². The molecule has 0 aromatic heterocycles. The minimum Gasteiger partial charge on any atom is -0.455 e. The van der Waals surface area contributed by atoms with Crippen molar-refractivity contribution in [3.05, 3.63) is 137 Å². The molecule has 0 bridgehead atoms. The zero-order valence-electron chi connectivity index (χ0n) is 19.0. The van der Waals surface area contributed by atoms with Crippen LogP contribution in [0.25, 0.3) is 5.76 Å². The van der Waals surface area contributed by atoms with Gasteiger partial charge in [0.05, 0.1) is 16.5 Å². The fourth-order valence-corrected chi connectivity index (χ4v) is 5.31. The second kappa shape index (κ2) is 8.84. The second-order valence-electron chi connectivity index (χ2n) is 8.51. The van der Waals surface area contributed by atoms with Gasteiger partial charge in [-0.15, -0.1) is 0 Å². The topological polar surface area (TPSA) is 55.4 Å². The average molecular weight is 468 g/mol. The van der Waals surface area contributed by atoms with Crippen molar-refractivity contribution in [2.45, 2.75) is 24.7 Å². The van der Waals surface area contributed by atoms with Gasteiger partial charge in [-0.05, 0) is 37.6 Å². The van der Waals surface area contributed by atoms with Crippen LogP contribution in [0, 0.1) is 13.8 Å². The number of allylic oxidation sites excluding steroid dienone is 1. The molecule has 0 saturated heterocycles. The van der Waals surface area contributed by atoms with Gasteiger partial charge in [-0.2, -0.15) is 0 Å². The molecule has 1 heterocycles. The molecule has 0 spiro atoms. The minimum absolute atomic E-state index is 0.208. The van der Waals surface area contributed by atoms with Crippen LogP contribution in [0.4, 0.5) is 0 Å². The Morgan fingerprint density at radius 2 is 1.29 bits per heavy atom. The molecule has 170 valence electrons. The monoisotopic (exact) mass is 467 g/mol. The van der Waals surface area contributed by atoms with Gasteiger partial charge in [0.1, 0.15) is 5.75 Å². The molecule has 34 heavy (non-hydrogen) atoms. The molecule has 0 saturated carbocycles. The van der Waals surface area contributed by atoms with Gasteiger partial charge in [0, 0.05) is 11.1 Å². The van der Waals surface area contributed by atoms with Gasteiger partial charge < -0.3 is 4.74 Å². The Balaban J connectivity index is 1.73. The van der Waals surface area contributed by atoms with Crippen LogP contribution >= 0.6 is 0 Å². The van der Waals surface area contributed by atoms with Crippen molar-refractivity contribution in [1.82, 2.24) is 4.72 Å². The van der Waals surface area contributed by atoms with Crippen molar-refractivity contribution >= 4 is 15.8 Å². The Hall–Kier alpha value is -3.83. The van der Waals surface area contributed by atoms with Crippen LogP contribution in [0.3, 0.4) is 0 Å². The second-order valence-corrected chi connectivity index (χ2v) is 10.2. The van der Waals surface area contributed by atoms with Crippen LogP contribution in [-0.2, 0) is 10.0 Å². The third-order valence-corrected chi connectivity index (χ3v) is 7.38. The maximum absolute atomic E-state index is 13.5. The highest BCUT2D eigenvalue weighted by Gasteiger charge is 2.34. The van der Waals surface area contributed by atoms with Gasteiger partial charge in [0.2, 0.25) is 0 Å². The van der Waals surface area contributed by atoms with Crippen LogP contribution in [0.5, 0.6) is 5.75 Å². The summed E-state index contributed by atoms with van der Waals surface area (Å²) in [6, 6.07) is 32.4. The van der Waals surface area contributed by atoms with E-state index in [0.717, 1.165) is 27.8 Å². The quantitative estimate of drug-likeness (QED) is 0.382. The van der Waals surface area contributed by atoms with Crippen molar-refractivity contribution in [2.75, 3.05) is 0 Å². The summed E-state index contributed by atoms with van der Waals surface area (Å²) < 4.78 is 36.3. The van der Waals surface area contributed by atoms with Gasteiger partial charge in [-0.25, -0.2) is 8.42 Å². The molecule has 4 aromatic carbocycles. The first kappa shape index (κ1) is 22.0. The number of aryl methyl sites for hydroxylation is 2. The smallest absolute Gasteiger partial charge is 0.261 e. The predicted octanol–water partition coefficient (Wildman–Crippen LogP) is 6.18. The number of hydrogen-bond acceptors (Lipinski definition) is 3. The Labute approximate surface area is 200 Å². The minimum atomic E-state index is -3.86. The number of nitrogens with one attached hydrogen (secondary N) is 1. The molecule has 4 aromatic rings. The molecule has 1 aliphatic heterocycles. The van der Waals surface area contributed by atoms with E-state index in [0.29, 0.717) is 17.2 Å². The fourth-order valence-electron chi connectivity index (χ4n) is 4.20. The summed E-state index contributed by atoms with van der Waals surface area (Å²) in [7, 11) is -3.86. The zero-order chi connectivity index (χ0) is 23.7. The molecule has 1 atom stereocenters. The Morgan fingerprint density at radius 3 is 1.97 bits per heavy atom. The lowest BCUT2D eigenvalue weighted by Gasteiger charge is -2.32. The predicted molar refractivity (Wildman–Crippen MR) is 135 cm³/mol. The van der Waals surface area contributed by atoms with Crippen molar-refractivity contribution in [1.29, 1.82) is 0 Å². The standard InChI is InChI=1S/C29H25NO3S/c1-20-12-16-22(17-13-20)27-25-10-6-7-11-26(25)33-29(23-8-4-3-5-9-23)28(27)30-34(31,32)24-18-14-21(2)15-19-24/h3-19,27,30H,1-2H3. The number of sulfonamides is 1. The average Bonchev–Trinajstić information content (AvgIpc) is 2.85. The Bertz CT molecular complexity index is 1460. The molecule has 0 aliphatic carbocycles. The van der Waals surface area contributed by atoms with Gasteiger partial charge >= 0.3 is 0 Å². The lowest BCUT2D eigenvalue weighted by atomic mass is 9.85. The highest BCUT2D eigenvalue weighted by atomic mass is 32.2. The number of hydrogen-bond donors (Lipinski definition) is 1. The summed E-state index contributed by atoms with van der Waals surface area (Å²) in [6.07, 6.45) is 0. The summed E-state index contributed by atoms with van der Waals surface area (Å²) in [5, 5.41) is 0. The van der Waals surface area contributed by atoms with Crippen LogP contribution < -0.4 is 9.46 Å². The third-order valence-electron chi connectivity index (χ3n) is 6.00. The first-order chi connectivity index (χ1) is 16.4. The molecule has 0 amide bonds. The van der Waals surface area contributed by atoms with Gasteiger partial charge in [-0.3, -0.25) is 4.72 Å². The van der Waals surface area contributed by atoms with E-state index in [1.165, 1.54) is 0 Å². The van der Waals surface area contributed by atoms with Crippen molar-refractivity contribution in [3.8, 4) is 5.75 Å². The Kier molecular flexibility index (Phi) is 5.72. The fraction of sp³-hybridized carbons (Fsp3) is 0.103. The molecule has 1 unspecified atom stereocenters. The van der Waals surface area contributed by atoms with Crippen molar-refractivity contribution < 1.29 is 13.2 Å². The van der Waals surface area contributed by atoms with Crippen molar-refractivity contribution in [2.24, 2.45) is 0 Å². The van der Waals surface area contributed by atoms with Crippen molar-refractivity contribution in [3.63, 3.8) is 0 Å². The maximum atomic E-state index is 13.5. The van der Waals surface area contributed by atoms with E-state index in [4.69, 9.17) is 4.74 Å². The van der Waals surface area contributed by atoms with Crippen LogP contribution in [0.1, 0.15) is 33.7 Å². The first-order valence-corrected chi connectivity index (χ1v) is 12.6. The highest BCUT2D eigenvalue weighted by Crippen LogP contribution is 2.45. The number of para-hydroxylation sites is 1. The normalized spacial score (nSPS) is 15.4. The zero-order valence-corrected chi connectivity index (χ0v) is 19.8. The maximum Gasteiger partial charge on any atom is 0.261 e. The molecule has 5 heteroatoms. The highest BCUT2D eigenvalue weighted by molar-refractivity contribution is 7.89. The molecule has 1 N–H and O–H groups in total. The van der Waals surface area contributed by atoms with E-state index in [1.54, 1.807) is 24.3 Å². The van der Waals surface area contributed by atoms with E-state index in [-0.39, 0.29) is 10.8 Å². The molecule has 5 rings (SSSR count). The van der Waals surface area contributed by atoms with Crippen LogP contribution in [0.2, 0.25) is 0 Å². The third kappa shape index (κ3) is 4.22. The van der Waals surface area contributed by atoms with Gasteiger partial charge in [0.15, 0.2) is 5.76 Å². The van der Waals surface area contributed by atoms with Crippen LogP contribution in [0.15, 0.2) is 114 Å². The summed E-state index contributed by atoms with van der Waals surface area (Å²) >= 11 is 0. The number of fused-ring (bicyclic) bond motifs is 1. The summed E-state index contributed by atoms with van der Waals surface area (Å²) in [6.45, 7) is 3.97. The van der Waals surface area contributed by atoms with Crippen LogP contribution in [-0.4, -0.2) is 8.42 Å². The number of benzene rings is 4.